The molecule has 0 spiro atoms. The summed E-state index contributed by atoms with van der Waals surface area (Å²) < 4.78 is 10.9. The van der Waals surface area contributed by atoms with Crippen molar-refractivity contribution in [1.82, 2.24) is 24.9 Å². The van der Waals surface area contributed by atoms with Gasteiger partial charge < -0.3 is 9.26 Å². The van der Waals surface area contributed by atoms with Gasteiger partial charge in [-0.05, 0) is 38.1 Å². The molecular weight excluding hydrogens is 374 g/mol. The number of benzene rings is 1. The van der Waals surface area contributed by atoms with Gasteiger partial charge in [-0.15, -0.1) is 11.3 Å². The van der Waals surface area contributed by atoms with Gasteiger partial charge in [0.25, 0.3) is 0 Å². The second-order valence-electron chi connectivity index (χ2n) is 6.88. The highest BCUT2D eigenvalue weighted by atomic mass is 32.1. The molecule has 1 aliphatic heterocycles. The predicted octanol–water partition coefficient (Wildman–Crippen LogP) is 3.22. The van der Waals surface area contributed by atoms with Crippen LogP contribution in [0.25, 0.3) is 11.4 Å². The molecule has 7 nitrogen and oxygen atoms in total. The van der Waals surface area contributed by atoms with Crippen LogP contribution in [-0.2, 0) is 13.1 Å². The van der Waals surface area contributed by atoms with E-state index in [9.17, 15) is 0 Å². The first-order valence-electron chi connectivity index (χ1n) is 9.61. The third-order valence-corrected chi connectivity index (χ3v) is 5.59. The molecule has 1 saturated heterocycles. The van der Waals surface area contributed by atoms with Gasteiger partial charge in [0, 0.05) is 43.7 Å². The SMILES string of the molecule is CCOc1ccc(-c2noc(CN3CCN(Cc4csc(C)n4)CC3)n2)cc1. The normalized spacial score (nSPS) is 15.8. The minimum Gasteiger partial charge on any atom is -0.494 e. The molecule has 0 bridgehead atoms. The molecule has 0 amide bonds. The molecule has 0 saturated carbocycles. The molecule has 0 N–H and O–H groups in total. The van der Waals surface area contributed by atoms with Crippen LogP contribution in [0.4, 0.5) is 0 Å². The highest BCUT2D eigenvalue weighted by molar-refractivity contribution is 7.09. The van der Waals surface area contributed by atoms with E-state index < -0.39 is 0 Å². The highest BCUT2D eigenvalue weighted by Gasteiger charge is 2.20. The molecule has 3 aromatic rings. The van der Waals surface area contributed by atoms with Gasteiger partial charge in [0.05, 0.1) is 23.9 Å². The van der Waals surface area contributed by atoms with E-state index in [0.717, 1.165) is 49.0 Å². The largest absolute Gasteiger partial charge is 0.494 e. The Morgan fingerprint density at radius 1 is 1.04 bits per heavy atom. The van der Waals surface area contributed by atoms with Crippen LogP contribution in [0.5, 0.6) is 5.75 Å². The van der Waals surface area contributed by atoms with Crippen LogP contribution in [0.15, 0.2) is 34.2 Å². The summed E-state index contributed by atoms with van der Waals surface area (Å²) in [5.41, 5.74) is 2.11. The second kappa shape index (κ2) is 8.81. The summed E-state index contributed by atoms with van der Waals surface area (Å²) in [6.07, 6.45) is 0. The van der Waals surface area contributed by atoms with Crippen molar-refractivity contribution in [1.29, 1.82) is 0 Å². The average Bonchev–Trinajstić information content (AvgIpc) is 3.33. The number of ether oxygens (including phenoxy) is 1. The van der Waals surface area contributed by atoms with Crippen LogP contribution in [0, 0.1) is 6.92 Å². The van der Waals surface area contributed by atoms with E-state index in [1.165, 1.54) is 5.69 Å². The van der Waals surface area contributed by atoms with Gasteiger partial charge >= 0.3 is 0 Å². The van der Waals surface area contributed by atoms with Gasteiger partial charge in [-0.2, -0.15) is 4.98 Å². The maximum atomic E-state index is 5.47. The van der Waals surface area contributed by atoms with Crippen LogP contribution in [0.3, 0.4) is 0 Å². The van der Waals surface area contributed by atoms with Crippen molar-refractivity contribution in [3.63, 3.8) is 0 Å². The van der Waals surface area contributed by atoms with E-state index in [1.54, 1.807) is 11.3 Å². The van der Waals surface area contributed by atoms with Crippen molar-refractivity contribution in [3.8, 4) is 17.1 Å². The monoisotopic (exact) mass is 399 g/mol. The van der Waals surface area contributed by atoms with Crippen molar-refractivity contribution in [2.45, 2.75) is 26.9 Å². The van der Waals surface area contributed by atoms with Crippen LogP contribution in [0.2, 0.25) is 0 Å². The lowest BCUT2D eigenvalue weighted by molar-refractivity contribution is 0.111. The van der Waals surface area contributed by atoms with Gasteiger partial charge in [-0.3, -0.25) is 9.80 Å². The molecule has 3 heterocycles. The maximum Gasteiger partial charge on any atom is 0.241 e. The Morgan fingerprint density at radius 2 is 1.75 bits per heavy atom. The number of rotatable bonds is 7. The van der Waals surface area contributed by atoms with E-state index in [1.807, 2.05) is 31.2 Å². The van der Waals surface area contributed by atoms with Crippen molar-refractivity contribution in [3.05, 3.63) is 46.2 Å². The van der Waals surface area contributed by atoms with Gasteiger partial charge in [0.2, 0.25) is 11.7 Å². The lowest BCUT2D eigenvalue weighted by Crippen LogP contribution is -2.45. The number of hydrogen-bond donors (Lipinski definition) is 0. The topological polar surface area (TPSA) is 67.5 Å². The van der Waals surface area contributed by atoms with Crippen molar-refractivity contribution >= 4 is 11.3 Å². The molecule has 1 aliphatic rings. The van der Waals surface area contributed by atoms with E-state index in [0.29, 0.717) is 24.9 Å². The Balaban J connectivity index is 1.28. The molecule has 4 rings (SSSR count). The molecule has 8 heteroatoms. The van der Waals surface area contributed by atoms with E-state index >= 15 is 0 Å². The highest BCUT2D eigenvalue weighted by Crippen LogP contribution is 2.20. The lowest BCUT2D eigenvalue weighted by atomic mass is 10.2. The summed E-state index contributed by atoms with van der Waals surface area (Å²) in [7, 11) is 0. The van der Waals surface area contributed by atoms with Crippen LogP contribution in [0.1, 0.15) is 23.5 Å². The zero-order valence-corrected chi connectivity index (χ0v) is 17.1. The molecule has 148 valence electrons. The van der Waals surface area contributed by atoms with E-state index in [-0.39, 0.29) is 0 Å². The zero-order chi connectivity index (χ0) is 19.3. The van der Waals surface area contributed by atoms with Crippen LogP contribution >= 0.6 is 11.3 Å². The first-order chi connectivity index (χ1) is 13.7. The summed E-state index contributed by atoms with van der Waals surface area (Å²) in [4.78, 5) is 13.9. The quantitative estimate of drug-likeness (QED) is 0.604. The minimum absolute atomic E-state index is 0.621. The summed E-state index contributed by atoms with van der Waals surface area (Å²) in [6.45, 7) is 10.3. The molecular formula is C20H25N5O2S. The number of nitrogens with zero attached hydrogens (tertiary/aromatic N) is 5. The van der Waals surface area contributed by atoms with E-state index in [2.05, 4.69) is 37.2 Å². The summed E-state index contributed by atoms with van der Waals surface area (Å²) in [5, 5.41) is 7.42. The molecule has 2 aromatic heterocycles. The van der Waals surface area contributed by atoms with Crippen molar-refractivity contribution < 1.29 is 9.26 Å². The second-order valence-corrected chi connectivity index (χ2v) is 7.94. The minimum atomic E-state index is 0.621. The molecule has 1 aromatic carbocycles. The molecule has 0 unspecified atom stereocenters. The number of hydrogen-bond acceptors (Lipinski definition) is 8. The van der Waals surface area contributed by atoms with Crippen LogP contribution < -0.4 is 4.74 Å². The first kappa shape index (κ1) is 19.0. The fourth-order valence-electron chi connectivity index (χ4n) is 3.31. The molecule has 1 fully saturated rings. The predicted molar refractivity (Wildman–Crippen MR) is 108 cm³/mol. The lowest BCUT2D eigenvalue weighted by Gasteiger charge is -2.33. The smallest absolute Gasteiger partial charge is 0.241 e. The number of piperazine rings is 1. The number of aromatic nitrogens is 3. The molecule has 0 radical (unpaired) electrons. The first-order valence-corrected chi connectivity index (χ1v) is 10.5. The molecule has 28 heavy (non-hydrogen) atoms. The van der Waals surface area contributed by atoms with Crippen molar-refractivity contribution in [2.24, 2.45) is 0 Å². The zero-order valence-electron chi connectivity index (χ0n) is 16.3. The summed E-state index contributed by atoms with van der Waals surface area (Å²) in [5.74, 6) is 2.13. The third kappa shape index (κ3) is 4.76. The fourth-order valence-corrected chi connectivity index (χ4v) is 3.91. The maximum absolute atomic E-state index is 5.47. The van der Waals surface area contributed by atoms with Gasteiger partial charge in [-0.1, -0.05) is 5.16 Å². The Hall–Kier alpha value is -2.29. The standard InChI is InChI=1S/C20H25N5O2S/c1-3-26-18-6-4-16(5-7-18)20-22-19(27-23-20)13-25-10-8-24(9-11-25)12-17-14-28-15(2)21-17/h4-7,14H,3,8-13H2,1-2H3. The number of aryl methyl sites for hydroxylation is 1. The average molecular weight is 400 g/mol. The molecule has 0 atom stereocenters. The van der Waals surface area contributed by atoms with Crippen molar-refractivity contribution in [2.75, 3.05) is 32.8 Å². The van der Waals surface area contributed by atoms with Gasteiger partial charge in [0.1, 0.15) is 5.75 Å². The van der Waals surface area contributed by atoms with Gasteiger partial charge in [-0.25, -0.2) is 4.98 Å². The summed E-state index contributed by atoms with van der Waals surface area (Å²) >= 11 is 1.72. The third-order valence-electron chi connectivity index (χ3n) is 4.77. The van der Waals surface area contributed by atoms with Gasteiger partial charge in [0.15, 0.2) is 0 Å². The molecule has 0 aliphatic carbocycles. The Labute approximate surface area is 169 Å². The Morgan fingerprint density at radius 3 is 2.39 bits per heavy atom. The Kier molecular flexibility index (Phi) is 5.99. The van der Waals surface area contributed by atoms with Crippen LogP contribution in [-0.4, -0.2) is 57.7 Å². The van der Waals surface area contributed by atoms with E-state index in [4.69, 9.17) is 9.26 Å². The number of thiazole rings is 1. The Bertz CT molecular complexity index is 884. The summed E-state index contributed by atoms with van der Waals surface area (Å²) in [6, 6.07) is 7.77. The fraction of sp³-hybridized carbons (Fsp3) is 0.450.